The first kappa shape index (κ1) is 6.42. The summed E-state index contributed by atoms with van der Waals surface area (Å²) in [4.78, 5) is 14.4. The average Bonchev–Trinajstić information content (AvgIpc) is 1.97. The molecule has 0 aliphatic heterocycles. The Hall–Kier alpha value is -0.700. The van der Waals surface area contributed by atoms with Crippen molar-refractivity contribution in [3.63, 3.8) is 0 Å². The standard InChI is InChI=1S/C6H4BrNO/c7-6-2-1-5(9)3-4-8-6/h1-4H. The summed E-state index contributed by atoms with van der Waals surface area (Å²) in [5.41, 5.74) is -0.0341. The number of nitrogens with zero attached hydrogens (tertiary/aromatic N) is 1. The highest BCUT2D eigenvalue weighted by molar-refractivity contribution is 9.10. The van der Waals surface area contributed by atoms with Gasteiger partial charge in [-0.25, -0.2) is 4.98 Å². The van der Waals surface area contributed by atoms with Gasteiger partial charge in [0.15, 0.2) is 5.43 Å². The predicted molar refractivity (Wildman–Crippen MR) is 38.2 cm³/mol. The third-order valence-electron chi connectivity index (χ3n) is 0.822. The van der Waals surface area contributed by atoms with Crippen molar-refractivity contribution in [2.75, 3.05) is 0 Å². The summed E-state index contributed by atoms with van der Waals surface area (Å²) in [7, 11) is 0. The normalized spacial score (nSPS) is 9.00. The van der Waals surface area contributed by atoms with Crippen LogP contribution in [0.5, 0.6) is 0 Å². The maximum Gasteiger partial charge on any atom is 0.180 e. The van der Waals surface area contributed by atoms with E-state index in [9.17, 15) is 4.79 Å². The van der Waals surface area contributed by atoms with Crippen LogP contribution in [0, 0.1) is 0 Å². The highest BCUT2D eigenvalue weighted by atomic mass is 79.9. The molecule has 0 aliphatic carbocycles. The summed E-state index contributed by atoms with van der Waals surface area (Å²) in [5, 5.41) is 0. The molecule has 0 atom stereocenters. The highest BCUT2D eigenvalue weighted by Gasteiger charge is 1.80. The monoisotopic (exact) mass is 185 g/mol. The fourth-order valence-electron chi connectivity index (χ4n) is 0.431. The van der Waals surface area contributed by atoms with Crippen molar-refractivity contribution in [3.05, 3.63) is 39.2 Å². The van der Waals surface area contributed by atoms with E-state index in [0.717, 1.165) is 0 Å². The van der Waals surface area contributed by atoms with Gasteiger partial charge in [-0.3, -0.25) is 4.79 Å². The number of hydrogen-bond donors (Lipinski definition) is 0. The van der Waals surface area contributed by atoms with Gasteiger partial charge in [-0.15, -0.1) is 0 Å². The van der Waals surface area contributed by atoms with Gasteiger partial charge in [0.25, 0.3) is 0 Å². The lowest BCUT2D eigenvalue weighted by molar-refractivity contribution is 1.31. The van der Waals surface area contributed by atoms with Crippen LogP contribution in [0.3, 0.4) is 0 Å². The van der Waals surface area contributed by atoms with Crippen molar-refractivity contribution >= 4 is 15.9 Å². The third-order valence-corrected chi connectivity index (χ3v) is 1.29. The number of hydrogen-bond acceptors (Lipinski definition) is 2. The zero-order chi connectivity index (χ0) is 6.69. The molecule has 1 rings (SSSR count). The van der Waals surface area contributed by atoms with Crippen LogP contribution in [0.2, 0.25) is 0 Å². The molecule has 0 saturated carbocycles. The highest BCUT2D eigenvalue weighted by Crippen LogP contribution is 1.97. The lowest BCUT2D eigenvalue weighted by atomic mass is 10.5. The summed E-state index contributed by atoms with van der Waals surface area (Å²) in [6.45, 7) is 0. The molecule has 46 valence electrons. The van der Waals surface area contributed by atoms with E-state index in [-0.39, 0.29) is 5.43 Å². The van der Waals surface area contributed by atoms with E-state index >= 15 is 0 Å². The van der Waals surface area contributed by atoms with Crippen molar-refractivity contribution in [1.29, 1.82) is 0 Å². The number of halogens is 1. The van der Waals surface area contributed by atoms with Gasteiger partial charge in [-0.1, -0.05) is 0 Å². The Labute approximate surface area is 60.7 Å². The quantitative estimate of drug-likeness (QED) is 0.609. The van der Waals surface area contributed by atoms with E-state index in [0.29, 0.717) is 4.60 Å². The Kier molecular flexibility index (Phi) is 1.95. The van der Waals surface area contributed by atoms with Gasteiger partial charge in [-0.05, 0) is 28.1 Å². The van der Waals surface area contributed by atoms with E-state index in [1.807, 2.05) is 0 Å². The van der Waals surface area contributed by atoms with Crippen LogP contribution in [-0.2, 0) is 0 Å². The van der Waals surface area contributed by atoms with Crippen LogP contribution in [0.1, 0.15) is 0 Å². The molecule has 0 bridgehead atoms. The van der Waals surface area contributed by atoms with E-state index in [1.165, 1.54) is 18.3 Å². The molecule has 0 unspecified atom stereocenters. The van der Waals surface area contributed by atoms with Gasteiger partial charge in [0.1, 0.15) is 4.60 Å². The maximum atomic E-state index is 10.6. The second-order valence-corrected chi connectivity index (χ2v) is 2.32. The average molecular weight is 186 g/mol. The molecule has 2 nitrogen and oxygen atoms in total. The van der Waals surface area contributed by atoms with Crippen LogP contribution >= 0.6 is 15.9 Å². The Bertz CT molecular complexity index is 261. The second-order valence-electron chi connectivity index (χ2n) is 1.50. The fraction of sp³-hybridized carbons (Fsp3) is 0. The van der Waals surface area contributed by atoms with Gasteiger partial charge in [-0.2, -0.15) is 0 Å². The summed E-state index contributed by atoms with van der Waals surface area (Å²) < 4.78 is 0.671. The molecule has 0 fully saturated rings. The van der Waals surface area contributed by atoms with Crippen LogP contribution in [-0.4, -0.2) is 4.98 Å². The topological polar surface area (TPSA) is 30.0 Å². The van der Waals surface area contributed by atoms with E-state index in [1.54, 1.807) is 6.07 Å². The van der Waals surface area contributed by atoms with E-state index in [4.69, 9.17) is 0 Å². The lowest BCUT2D eigenvalue weighted by Gasteiger charge is -1.71. The van der Waals surface area contributed by atoms with Gasteiger partial charge >= 0.3 is 0 Å². The van der Waals surface area contributed by atoms with Crippen LogP contribution in [0.15, 0.2) is 33.8 Å². The minimum atomic E-state index is -0.0341. The largest absolute Gasteiger partial charge is 0.290 e. The van der Waals surface area contributed by atoms with Crippen molar-refractivity contribution in [2.24, 2.45) is 0 Å². The molecule has 0 radical (unpaired) electrons. The molecule has 1 aromatic rings. The molecular formula is C6H4BrNO. The summed E-state index contributed by atoms with van der Waals surface area (Å²) in [6, 6.07) is 4.48. The zero-order valence-corrected chi connectivity index (χ0v) is 6.13. The zero-order valence-electron chi connectivity index (χ0n) is 4.54. The Morgan fingerprint density at radius 1 is 1.33 bits per heavy atom. The van der Waals surface area contributed by atoms with E-state index < -0.39 is 0 Å². The lowest BCUT2D eigenvalue weighted by Crippen LogP contribution is -1.87. The van der Waals surface area contributed by atoms with E-state index in [2.05, 4.69) is 20.9 Å². The van der Waals surface area contributed by atoms with Crippen LogP contribution in [0.4, 0.5) is 0 Å². The van der Waals surface area contributed by atoms with Crippen molar-refractivity contribution < 1.29 is 0 Å². The molecule has 0 amide bonds. The van der Waals surface area contributed by atoms with Crippen molar-refractivity contribution in [1.82, 2.24) is 4.98 Å². The molecule has 0 aromatic carbocycles. The summed E-state index contributed by atoms with van der Waals surface area (Å²) in [5.74, 6) is 0. The summed E-state index contributed by atoms with van der Waals surface area (Å²) >= 11 is 3.13. The van der Waals surface area contributed by atoms with Crippen molar-refractivity contribution in [2.45, 2.75) is 0 Å². The summed E-state index contributed by atoms with van der Waals surface area (Å²) in [6.07, 6.45) is 1.46. The number of aromatic nitrogens is 1. The third kappa shape index (κ3) is 1.93. The first-order chi connectivity index (χ1) is 4.29. The molecule has 3 heteroatoms. The Morgan fingerprint density at radius 2 is 2.11 bits per heavy atom. The van der Waals surface area contributed by atoms with Gasteiger partial charge in [0, 0.05) is 12.3 Å². The maximum absolute atomic E-state index is 10.6. The second kappa shape index (κ2) is 2.73. The molecule has 9 heavy (non-hydrogen) atoms. The molecule has 0 spiro atoms. The Balaban J connectivity index is 3.33. The minimum absolute atomic E-state index is 0.0341. The van der Waals surface area contributed by atoms with Gasteiger partial charge < -0.3 is 0 Å². The molecule has 0 aliphatic rings. The molecule has 0 N–H and O–H groups in total. The molecular weight excluding hydrogens is 182 g/mol. The molecule has 1 heterocycles. The first-order valence-corrected chi connectivity index (χ1v) is 3.20. The predicted octanol–water partition coefficient (Wildman–Crippen LogP) is 1.20. The van der Waals surface area contributed by atoms with Crippen molar-refractivity contribution in [3.8, 4) is 0 Å². The first-order valence-electron chi connectivity index (χ1n) is 2.41. The number of rotatable bonds is 0. The van der Waals surface area contributed by atoms with Crippen LogP contribution < -0.4 is 5.43 Å². The van der Waals surface area contributed by atoms with Crippen LogP contribution in [0.25, 0.3) is 0 Å². The minimum Gasteiger partial charge on any atom is -0.290 e. The van der Waals surface area contributed by atoms with Gasteiger partial charge in [0.05, 0.1) is 0 Å². The van der Waals surface area contributed by atoms with Gasteiger partial charge in [0.2, 0.25) is 0 Å². The SMILES string of the molecule is O=c1ccnc(Br)cc1. The Morgan fingerprint density at radius 3 is 2.89 bits per heavy atom. The molecule has 1 aromatic heterocycles. The fourth-order valence-corrected chi connectivity index (χ4v) is 0.682. The smallest absolute Gasteiger partial charge is 0.180 e. The molecule has 0 saturated heterocycles.